The summed E-state index contributed by atoms with van der Waals surface area (Å²) in [6.07, 6.45) is 4.11. The van der Waals surface area contributed by atoms with Crippen molar-refractivity contribution in [1.29, 1.82) is 0 Å². The van der Waals surface area contributed by atoms with Crippen molar-refractivity contribution in [3.63, 3.8) is 0 Å². The molecule has 164 valence electrons. The van der Waals surface area contributed by atoms with Crippen LogP contribution in [-0.2, 0) is 9.59 Å². The molecule has 2 heterocycles. The second-order valence-corrected chi connectivity index (χ2v) is 9.45. The van der Waals surface area contributed by atoms with Crippen molar-refractivity contribution in [3.8, 4) is 0 Å². The van der Waals surface area contributed by atoms with Gasteiger partial charge in [-0.1, -0.05) is 29.5 Å². The predicted molar refractivity (Wildman–Crippen MR) is 123 cm³/mol. The number of nitrogens with one attached hydrogen (secondary N) is 2. The highest BCUT2D eigenvalue weighted by Gasteiger charge is 2.30. The maximum absolute atomic E-state index is 12.4. The van der Waals surface area contributed by atoms with E-state index in [4.69, 9.17) is 0 Å². The van der Waals surface area contributed by atoms with Crippen molar-refractivity contribution >= 4 is 35.1 Å². The van der Waals surface area contributed by atoms with Crippen LogP contribution >= 0.6 is 11.8 Å². The molecule has 0 radical (unpaired) electrons. The van der Waals surface area contributed by atoms with Gasteiger partial charge in [0.2, 0.25) is 11.8 Å². The summed E-state index contributed by atoms with van der Waals surface area (Å²) in [4.78, 5) is 26.8. The summed E-state index contributed by atoms with van der Waals surface area (Å²) in [5.41, 5.74) is 3.06. The molecule has 4 rings (SSSR count). The van der Waals surface area contributed by atoms with Gasteiger partial charge in [-0.05, 0) is 63.3 Å². The van der Waals surface area contributed by atoms with Crippen LogP contribution in [0.25, 0.3) is 0 Å². The van der Waals surface area contributed by atoms with E-state index in [1.165, 1.54) is 17.3 Å². The molecule has 0 unspecified atom stereocenters. The lowest BCUT2D eigenvalue weighted by Crippen LogP contribution is -2.44. The molecule has 1 aromatic carbocycles. The molecule has 0 spiro atoms. The van der Waals surface area contributed by atoms with Crippen molar-refractivity contribution in [2.45, 2.75) is 50.6 Å². The molecule has 1 aliphatic carbocycles. The average molecular weight is 440 g/mol. The molecule has 2 amide bonds. The summed E-state index contributed by atoms with van der Waals surface area (Å²) in [5.74, 6) is 1.17. The second-order valence-electron chi connectivity index (χ2n) is 8.45. The van der Waals surface area contributed by atoms with Crippen molar-refractivity contribution in [3.05, 3.63) is 41.5 Å². The quantitative estimate of drug-likeness (QED) is 0.644. The summed E-state index contributed by atoms with van der Waals surface area (Å²) >= 11 is 1.36. The van der Waals surface area contributed by atoms with Gasteiger partial charge in [-0.25, -0.2) is 0 Å². The summed E-state index contributed by atoms with van der Waals surface area (Å²) < 4.78 is 0. The monoisotopic (exact) mass is 439 g/mol. The van der Waals surface area contributed by atoms with Gasteiger partial charge in [0.05, 0.1) is 11.7 Å². The Morgan fingerprint density at radius 2 is 1.97 bits per heavy atom. The lowest BCUT2D eigenvalue weighted by molar-refractivity contribution is -0.125. The van der Waals surface area contributed by atoms with Gasteiger partial charge in [-0.15, -0.1) is 10.2 Å². The van der Waals surface area contributed by atoms with Gasteiger partial charge in [0.1, 0.15) is 5.03 Å². The minimum Gasteiger partial charge on any atom is -0.354 e. The van der Waals surface area contributed by atoms with E-state index in [1.54, 1.807) is 0 Å². The molecule has 1 saturated carbocycles. The third kappa shape index (κ3) is 5.97. The highest BCUT2D eigenvalue weighted by molar-refractivity contribution is 7.99. The number of anilines is 2. The van der Waals surface area contributed by atoms with Crippen molar-refractivity contribution in [2.24, 2.45) is 5.92 Å². The van der Waals surface area contributed by atoms with Gasteiger partial charge in [-0.3, -0.25) is 9.59 Å². The van der Waals surface area contributed by atoms with Gasteiger partial charge in [0, 0.05) is 24.8 Å². The number of nitrogens with zero attached hydrogens (tertiary/aromatic N) is 3. The summed E-state index contributed by atoms with van der Waals surface area (Å²) in [5, 5.41) is 15.4. The highest BCUT2D eigenvalue weighted by Crippen LogP contribution is 2.25. The smallest absolute Gasteiger partial charge is 0.234 e. The van der Waals surface area contributed by atoms with Crippen LogP contribution in [0.1, 0.15) is 36.8 Å². The largest absolute Gasteiger partial charge is 0.354 e. The third-order valence-electron chi connectivity index (χ3n) is 5.67. The van der Waals surface area contributed by atoms with E-state index >= 15 is 0 Å². The molecule has 2 N–H and O–H groups in total. The molecule has 2 fully saturated rings. The molecule has 31 heavy (non-hydrogen) atoms. The molecule has 7 nitrogen and oxygen atoms in total. The van der Waals surface area contributed by atoms with Crippen LogP contribution in [0.5, 0.6) is 0 Å². The first-order valence-corrected chi connectivity index (χ1v) is 11.9. The number of hydrogen-bond acceptors (Lipinski definition) is 6. The van der Waals surface area contributed by atoms with Gasteiger partial charge >= 0.3 is 0 Å². The molecule has 1 atom stereocenters. The number of amides is 2. The number of thioether (sulfide) groups is 1. The number of benzene rings is 1. The van der Waals surface area contributed by atoms with Crippen LogP contribution < -0.4 is 15.5 Å². The Hall–Kier alpha value is -2.61. The number of rotatable bonds is 7. The SMILES string of the molecule is Cc1ccc(NC(=O)CSc2ccc(N3CCC[C@@H](C(=O)NC4CC4)C3)nn2)c(C)c1. The Morgan fingerprint density at radius 1 is 1.13 bits per heavy atom. The van der Waals surface area contributed by atoms with Crippen LogP contribution in [0.15, 0.2) is 35.4 Å². The summed E-state index contributed by atoms with van der Waals surface area (Å²) in [6, 6.07) is 10.2. The van der Waals surface area contributed by atoms with Crippen LogP contribution in [-0.4, -0.2) is 46.9 Å². The third-order valence-corrected chi connectivity index (χ3v) is 6.59. The molecule has 1 saturated heterocycles. The first-order chi connectivity index (χ1) is 15.0. The maximum Gasteiger partial charge on any atom is 0.234 e. The normalized spacial score (nSPS) is 18.5. The second kappa shape index (κ2) is 9.68. The molecular formula is C23H29N5O2S. The predicted octanol–water partition coefficient (Wildman–Crippen LogP) is 3.32. The summed E-state index contributed by atoms with van der Waals surface area (Å²) in [7, 11) is 0. The number of piperidine rings is 1. The maximum atomic E-state index is 12.4. The van der Waals surface area contributed by atoms with E-state index in [0.717, 1.165) is 49.3 Å². The van der Waals surface area contributed by atoms with E-state index in [1.807, 2.05) is 44.2 Å². The number of hydrogen-bond donors (Lipinski definition) is 2. The molecule has 1 aromatic heterocycles. The molecule has 1 aliphatic heterocycles. The van der Waals surface area contributed by atoms with Crippen LogP contribution in [0.4, 0.5) is 11.5 Å². The number of carbonyl (C=O) groups is 2. The highest BCUT2D eigenvalue weighted by atomic mass is 32.2. The van der Waals surface area contributed by atoms with Crippen LogP contribution in [0.2, 0.25) is 0 Å². The Bertz CT molecular complexity index is 945. The van der Waals surface area contributed by atoms with E-state index in [-0.39, 0.29) is 23.5 Å². The number of aromatic nitrogens is 2. The zero-order chi connectivity index (χ0) is 21.8. The first-order valence-electron chi connectivity index (χ1n) is 10.9. The number of aryl methyl sites for hydroxylation is 2. The zero-order valence-corrected chi connectivity index (χ0v) is 18.9. The molecule has 8 heteroatoms. The van der Waals surface area contributed by atoms with E-state index in [0.29, 0.717) is 17.6 Å². The zero-order valence-electron chi connectivity index (χ0n) is 18.1. The fraction of sp³-hybridized carbons (Fsp3) is 0.478. The number of carbonyl (C=O) groups excluding carboxylic acids is 2. The lowest BCUT2D eigenvalue weighted by atomic mass is 9.97. The fourth-order valence-corrected chi connectivity index (χ4v) is 4.40. The van der Waals surface area contributed by atoms with E-state index in [2.05, 4.69) is 25.7 Å². The summed E-state index contributed by atoms with van der Waals surface area (Å²) in [6.45, 7) is 5.58. The molecule has 2 aliphatic rings. The Labute approximate surface area is 187 Å². The molecular weight excluding hydrogens is 410 g/mol. The van der Waals surface area contributed by atoms with Gasteiger partial charge in [-0.2, -0.15) is 0 Å². The van der Waals surface area contributed by atoms with Gasteiger partial charge in [0.15, 0.2) is 5.82 Å². The van der Waals surface area contributed by atoms with Gasteiger partial charge in [0.25, 0.3) is 0 Å². The topological polar surface area (TPSA) is 87.2 Å². The van der Waals surface area contributed by atoms with Crippen LogP contribution in [0.3, 0.4) is 0 Å². The molecule has 0 bridgehead atoms. The standard InChI is InChI=1S/C23H29N5O2S/c1-15-5-8-19(16(2)12-15)25-21(29)14-31-22-10-9-20(26-27-22)28-11-3-4-17(13-28)23(30)24-18-6-7-18/h5,8-10,12,17-18H,3-4,6-7,11,13-14H2,1-2H3,(H,24,30)(H,25,29)/t17-/m1/s1. The molecule has 2 aromatic rings. The first kappa shape index (κ1) is 21.6. The lowest BCUT2D eigenvalue weighted by Gasteiger charge is -2.32. The van der Waals surface area contributed by atoms with Crippen LogP contribution in [0, 0.1) is 19.8 Å². The Kier molecular flexibility index (Phi) is 6.75. The van der Waals surface area contributed by atoms with E-state index in [9.17, 15) is 9.59 Å². The minimum absolute atomic E-state index is 0.0131. The van der Waals surface area contributed by atoms with Crippen molar-refractivity contribution in [2.75, 3.05) is 29.1 Å². The fourth-order valence-electron chi connectivity index (χ4n) is 3.78. The van der Waals surface area contributed by atoms with E-state index < -0.39 is 0 Å². The minimum atomic E-state index is -0.0663. The Balaban J connectivity index is 1.27. The Morgan fingerprint density at radius 3 is 2.68 bits per heavy atom. The van der Waals surface area contributed by atoms with Crippen molar-refractivity contribution < 1.29 is 9.59 Å². The van der Waals surface area contributed by atoms with Gasteiger partial charge < -0.3 is 15.5 Å². The van der Waals surface area contributed by atoms with Crippen molar-refractivity contribution in [1.82, 2.24) is 15.5 Å². The average Bonchev–Trinajstić information content (AvgIpc) is 3.59.